The van der Waals surface area contributed by atoms with E-state index in [1.54, 1.807) is 0 Å². The molecule has 4 nitrogen and oxygen atoms in total. The van der Waals surface area contributed by atoms with Crippen LogP contribution in [0.2, 0.25) is 5.28 Å². The minimum atomic E-state index is 0.281. The van der Waals surface area contributed by atoms with Gasteiger partial charge in [0, 0.05) is 25.7 Å². The van der Waals surface area contributed by atoms with E-state index >= 15 is 0 Å². The molecule has 0 saturated carbocycles. The van der Waals surface area contributed by atoms with Crippen molar-refractivity contribution < 1.29 is 0 Å². The molecule has 0 amide bonds. The summed E-state index contributed by atoms with van der Waals surface area (Å²) in [7, 11) is 2.08. The second-order valence-corrected chi connectivity index (χ2v) is 6.21. The zero-order chi connectivity index (χ0) is 15.1. The molecular formula is C17H17ClN4. The highest BCUT2D eigenvalue weighted by Gasteiger charge is 2.24. The minimum absolute atomic E-state index is 0.281. The first-order chi connectivity index (χ1) is 10.7. The van der Waals surface area contributed by atoms with Crippen molar-refractivity contribution in [3.8, 4) is 0 Å². The van der Waals surface area contributed by atoms with Crippen molar-refractivity contribution in [2.45, 2.75) is 18.8 Å². The van der Waals surface area contributed by atoms with Crippen LogP contribution in [-0.2, 0) is 6.42 Å². The lowest BCUT2D eigenvalue weighted by Gasteiger charge is -2.23. The van der Waals surface area contributed by atoms with Crippen molar-refractivity contribution in [2.24, 2.45) is 0 Å². The van der Waals surface area contributed by atoms with E-state index in [1.165, 1.54) is 24.0 Å². The van der Waals surface area contributed by atoms with E-state index < -0.39 is 0 Å². The van der Waals surface area contributed by atoms with E-state index in [9.17, 15) is 0 Å². The van der Waals surface area contributed by atoms with Crippen molar-refractivity contribution >= 4 is 28.5 Å². The molecule has 5 heteroatoms. The Labute approximate surface area is 134 Å². The summed E-state index contributed by atoms with van der Waals surface area (Å²) in [4.78, 5) is 13.9. The molecule has 1 aliphatic carbocycles. The van der Waals surface area contributed by atoms with Crippen LogP contribution in [0.25, 0.3) is 11.0 Å². The van der Waals surface area contributed by atoms with Gasteiger partial charge < -0.3 is 9.88 Å². The highest BCUT2D eigenvalue weighted by Crippen LogP contribution is 2.34. The van der Waals surface area contributed by atoms with Gasteiger partial charge in [0.05, 0.1) is 5.39 Å². The number of nitrogens with zero attached hydrogens (tertiary/aromatic N) is 3. The van der Waals surface area contributed by atoms with Gasteiger partial charge in [0.25, 0.3) is 0 Å². The Morgan fingerprint density at radius 1 is 1.27 bits per heavy atom. The predicted molar refractivity (Wildman–Crippen MR) is 89.7 cm³/mol. The molecule has 0 saturated heterocycles. The molecule has 2 heterocycles. The number of aromatic nitrogens is 3. The zero-order valence-corrected chi connectivity index (χ0v) is 13.1. The first kappa shape index (κ1) is 13.6. The minimum Gasteiger partial charge on any atom is -0.358 e. The fourth-order valence-corrected chi connectivity index (χ4v) is 3.61. The molecule has 22 heavy (non-hydrogen) atoms. The molecule has 0 aliphatic heterocycles. The molecule has 112 valence electrons. The van der Waals surface area contributed by atoms with Gasteiger partial charge in [-0.15, -0.1) is 0 Å². The number of rotatable bonds is 3. The third-order valence-electron chi connectivity index (χ3n) is 4.48. The summed E-state index contributed by atoms with van der Waals surface area (Å²) in [5, 5.41) is 1.29. The van der Waals surface area contributed by atoms with Gasteiger partial charge in [-0.05, 0) is 41.6 Å². The first-order valence-corrected chi connectivity index (χ1v) is 7.90. The summed E-state index contributed by atoms with van der Waals surface area (Å²) < 4.78 is 0. The molecular weight excluding hydrogens is 296 g/mol. The van der Waals surface area contributed by atoms with Gasteiger partial charge >= 0.3 is 0 Å². The number of hydrogen-bond donors (Lipinski definition) is 1. The zero-order valence-electron chi connectivity index (χ0n) is 12.4. The molecule has 1 N–H and O–H groups in total. The Kier molecular flexibility index (Phi) is 3.26. The maximum absolute atomic E-state index is 6.05. The summed E-state index contributed by atoms with van der Waals surface area (Å²) >= 11 is 6.05. The number of hydrogen-bond acceptors (Lipinski definition) is 3. The van der Waals surface area contributed by atoms with Gasteiger partial charge in [-0.3, -0.25) is 0 Å². The van der Waals surface area contributed by atoms with Gasteiger partial charge in [-0.25, -0.2) is 0 Å². The summed E-state index contributed by atoms with van der Waals surface area (Å²) in [6.45, 7) is 0.935. The number of aryl methyl sites for hydroxylation is 1. The van der Waals surface area contributed by atoms with E-state index in [4.69, 9.17) is 11.6 Å². The van der Waals surface area contributed by atoms with Crippen molar-refractivity contribution in [1.82, 2.24) is 15.0 Å². The van der Waals surface area contributed by atoms with Gasteiger partial charge in [-0.1, -0.05) is 24.3 Å². The number of likely N-dealkylation sites (N-methyl/N-ethyl adjacent to an activating group) is 1. The Morgan fingerprint density at radius 2 is 2.14 bits per heavy atom. The van der Waals surface area contributed by atoms with Gasteiger partial charge in [0.15, 0.2) is 0 Å². The quantitative estimate of drug-likeness (QED) is 0.749. The van der Waals surface area contributed by atoms with E-state index in [0.29, 0.717) is 5.92 Å². The third-order valence-corrected chi connectivity index (χ3v) is 4.65. The average molecular weight is 313 g/mol. The number of H-pyrrole nitrogens is 1. The van der Waals surface area contributed by atoms with E-state index in [2.05, 4.69) is 51.2 Å². The highest BCUT2D eigenvalue weighted by atomic mass is 35.5. The van der Waals surface area contributed by atoms with Crippen molar-refractivity contribution in [3.63, 3.8) is 0 Å². The van der Waals surface area contributed by atoms with E-state index in [1.807, 2.05) is 12.3 Å². The summed E-state index contributed by atoms with van der Waals surface area (Å²) in [5.41, 5.74) is 3.74. The molecule has 0 spiro atoms. The Bertz CT molecular complexity index is 826. The maximum atomic E-state index is 6.05. The van der Waals surface area contributed by atoms with Crippen LogP contribution in [0.3, 0.4) is 0 Å². The standard InChI is InChI=1S/C17H17ClN4/c1-22(10-12-7-6-11-4-2-3-5-13(11)12)16-14-8-9-19-15(14)20-17(18)21-16/h2-5,8-9,12H,6-7,10H2,1H3,(H,19,20,21)/t12-/m1/s1. The monoisotopic (exact) mass is 312 g/mol. The molecule has 0 radical (unpaired) electrons. The Morgan fingerprint density at radius 3 is 3.05 bits per heavy atom. The number of aromatic amines is 1. The molecule has 0 fully saturated rings. The van der Waals surface area contributed by atoms with E-state index in [-0.39, 0.29) is 5.28 Å². The number of anilines is 1. The number of halogens is 1. The Hall–Kier alpha value is -2.07. The van der Waals surface area contributed by atoms with Crippen LogP contribution < -0.4 is 4.90 Å². The summed E-state index contributed by atoms with van der Waals surface area (Å²) in [6.07, 6.45) is 4.23. The lowest BCUT2D eigenvalue weighted by atomic mass is 10.0. The SMILES string of the molecule is CN(C[C@H]1CCc2ccccc21)c1nc(Cl)nc2[nH]ccc12. The van der Waals surface area contributed by atoms with Gasteiger partial charge in [-0.2, -0.15) is 9.97 Å². The number of nitrogens with one attached hydrogen (secondary N) is 1. The van der Waals surface area contributed by atoms with Crippen LogP contribution in [0, 0.1) is 0 Å². The molecule has 1 aromatic carbocycles. The molecule has 2 aromatic heterocycles. The second-order valence-electron chi connectivity index (χ2n) is 5.87. The van der Waals surface area contributed by atoms with Gasteiger partial charge in [0.1, 0.15) is 11.5 Å². The smallest absolute Gasteiger partial charge is 0.226 e. The van der Waals surface area contributed by atoms with Crippen LogP contribution in [0.5, 0.6) is 0 Å². The maximum Gasteiger partial charge on any atom is 0.226 e. The average Bonchev–Trinajstić information content (AvgIpc) is 3.13. The second kappa shape index (κ2) is 5.29. The fourth-order valence-electron chi connectivity index (χ4n) is 3.44. The highest BCUT2D eigenvalue weighted by molar-refractivity contribution is 6.28. The largest absolute Gasteiger partial charge is 0.358 e. The van der Waals surface area contributed by atoms with Gasteiger partial charge in [0.2, 0.25) is 5.28 Å². The number of benzene rings is 1. The van der Waals surface area contributed by atoms with Crippen molar-refractivity contribution in [2.75, 3.05) is 18.5 Å². The topological polar surface area (TPSA) is 44.8 Å². The van der Waals surface area contributed by atoms with Crippen molar-refractivity contribution in [1.29, 1.82) is 0 Å². The molecule has 4 rings (SSSR count). The van der Waals surface area contributed by atoms with Crippen LogP contribution in [0.4, 0.5) is 5.82 Å². The third kappa shape index (κ3) is 2.24. The predicted octanol–water partition coefficient (Wildman–Crippen LogP) is 3.78. The summed E-state index contributed by atoms with van der Waals surface area (Å²) in [6, 6.07) is 10.7. The Balaban J connectivity index is 1.65. The van der Waals surface area contributed by atoms with Crippen LogP contribution >= 0.6 is 11.6 Å². The van der Waals surface area contributed by atoms with E-state index in [0.717, 1.165) is 23.4 Å². The molecule has 0 bridgehead atoms. The summed E-state index contributed by atoms with van der Waals surface area (Å²) in [5.74, 6) is 1.43. The van der Waals surface area contributed by atoms with Crippen molar-refractivity contribution in [3.05, 3.63) is 52.9 Å². The lowest BCUT2D eigenvalue weighted by molar-refractivity contribution is 0.661. The first-order valence-electron chi connectivity index (χ1n) is 7.52. The molecule has 0 unspecified atom stereocenters. The van der Waals surface area contributed by atoms with Crippen LogP contribution in [0.15, 0.2) is 36.5 Å². The molecule has 3 aromatic rings. The molecule has 1 aliphatic rings. The molecule has 1 atom stereocenters. The van der Waals surface area contributed by atoms with Crippen LogP contribution in [0.1, 0.15) is 23.5 Å². The van der Waals surface area contributed by atoms with Crippen LogP contribution in [-0.4, -0.2) is 28.5 Å². The fraction of sp³-hybridized carbons (Fsp3) is 0.294. The lowest BCUT2D eigenvalue weighted by Crippen LogP contribution is -2.24. The number of fused-ring (bicyclic) bond motifs is 2. The normalized spacial score (nSPS) is 16.9.